The van der Waals surface area contributed by atoms with Crippen molar-refractivity contribution in [3.8, 4) is 11.5 Å². The monoisotopic (exact) mass is 409 g/mol. The molecule has 0 aromatic heterocycles. The molecule has 0 radical (unpaired) electrons. The lowest BCUT2D eigenvalue weighted by Gasteiger charge is -2.12. The lowest BCUT2D eigenvalue weighted by atomic mass is 10.2. The van der Waals surface area contributed by atoms with Gasteiger partial charge in [-0.2, -0.15) is 11.8 Å². The SMILES string of the molecule is CCCOc1ccc(OCCSCc2cccc(S(=O)(=O)N(C)C)c2)cc1. The first-order chi connectivity index (χ1) is 12.9. The Kier molecular flexibility index (Phi) is 8.47. The second-order valence-electron chi connectivity index (χ2n) is 6.16. The van der Waals surface area contributed by atoms with Crippen LogP contribution < -0.4 is 9.47 Å². The van der Waals surface area contributed by atoms with Gasteiger partial charge in [-0.3, -0.25) is 0 Å². The van der Waals surface area contributed by atoms with Crippen LogP contribution in [0.4, 0.5) is 0 Å². The van der Waals surface area contributed by atoms with Gasteiger partial charge in [-0.15, -0.1) is 0 Å². The molecule has 0 saturated heterocycles. The van der Waals surface area contributed by atoms with Crippen LogP contribution in [0.5, 0.6) is 11.5 Å². The van der Waals surface area contributed by atoms with Crippen LogP contribution in [-0.4, -0.2) is 45.8 Å². The van der Waals surface area contributed by atoms with Crippen molar-refractivity contribution >= 4 is 21.8 Å². The summed E-state index contributed by atoms with van der Waals surface area (Å²) in [6.07, 6.45) is 0.986. The van der Waals surface area contributed by atoms with Crippen LogP contribution in [0.1, 0.15) is 18.9 Å². The van der Waals surface area contributed by atoms with Gasteiger partial charge in [-0.1, -0.05) is 19.1 Å². The Morgan fingerprint density at radius 1 is 0.963 bits per heavy atom. The standard InChI is InChI=1S/C20H27NO4S2/c1-4-12-24-18-8-10-19(11-9-18)25-13-14-26-16-17-6-5-7-20(15-17)27(22,23)21(2)3/h5-11,15H,4,12-14,16H2,1-3H3. The molecule has 0 N–H and O–H groups in total. The Morgan fingerprint density at radius 2 is 1.59 bits per heavy atom. The molecule has 2 rings (SSSR count). The molecule has 2 aromatic carbocycles. The largest absolute Gasteiger partial charge is 0.494 e. The van der Waals surface area contributed by atoms with Gasteiger partial charge in [-0.25, -0.2) is 12.7 Å². The van der Waals surface area contributed by atoms with Crippen LogP contribution in [0, 0.1) is 0 Å². The zero-order valence-corrected chi connectivity index (χ0v) is 17.7. The highest BCUT2D eigenvalue weighted by atomic mass is 32.2. The van der Waals surface area contributed by atoms with Crippen molar-refractivity contribution in [2.75, 3.05) is 33.1 Å². The van der Waals surface area contributed by atoms with Crippen LogP contribution in [0.2, 0.25) is 0 Å². The van der Waals surface area contributed by atoms with Gasteiger partial charge < -0.3 is 9.47 Å². The van der Waals surface area contributed by atoms with Gasteiger partial charge in [0.05, 0.1) is 18.1 Å². The Hall–Kier alpha value is -1.70. The van der Waals surface area contributed by atoms with E-state index in [-0.39, 0.29) is 0 Å². The molecular formula is C20H27NO4S2. The molecule has 0 atom stereocenters. The first-order valence-corrected chi connectivity index (χ1v) is 11.5. The van der Waals surface area contributed by atoms with Crippen LogP contribution in [0.15, 0.2) is 53.4 Å². The van der Waals surface area contributed by atoms with Gasteiger partial charge in [0.25, 0.3) is 0 Å². The maximum Gasteiger partial charge on any atom is 0.242 e. The lowest BCUT2D eigenvalue weighted by Crippen LogP contribution is -2.22. The molecule has 0 aliphatic heterocycles. The second kappa shape index (κ2) is 10.6. The predicted molar refractivity (Wildman–Crippen MR) is 111 cm³/mol. The lowest BCUT2D eigenvalue weighted by molar-refractivity contribution is 0.314. The minimum absolute atomic E-state index is 0.326. The fourth-order valence-electron chi connectivity index (χ4n) is 2.27. The molecule has 0 heterocycles. The summed E-state index contributed by atoms with van der Waals surface area (Å²) in [6, 6.07) is 14.7. The van der Waals surface area contributed by atoms with E-state index in [4.69, 9.17) is 9.47 Å². The smallest absolute Gasteiger partial charge is 0.242 e. The van der Waals surface area contributed by atoms with Crippen LogP contribution in [0.3, 0.4) is 0 Å². The molecule has 0 aliphatic rings. The normalized spacial score (nSPS) is 11.6. The molecule has 148 valence electrons. The average molecular weight is 410 g/mol. The first-order valence-electron chi connectivity index (χ1n) is 8.88. The Labute approximate surface area is 166 Å². The highest BCUT2D eigenvalue weighted by Gasteiger charge is 2.16. The van der Waals surface area contributed by atoms with Gasteiger partial charge in [0.1, 0.15) is 11.5 Å². The van der Waals surface area contributed by atoms with Crippen molar-refractivity contribution in [3.63, 3.8) is 0 Å². The Balaban J connectivity index is 1.76. The van der Waals surface area contributed by atoms with Crippen molar-refractivity contribution < 1.29 is 17.9 Å². The van der Waals surface area contributed by atoms with E-state index in [2.05, 4.69) is 6.92 Å². The summed E-state index contributed by atoms with van der Waals surface area (Å²) in [4.78, 5) is 0.326. The molecule has 27 heavy (non-hydrogen) atoms. The summed E-state index contributed by atoms with van der Waals surface area (Å²) < 4.78 is 36.9. The van der Waals surface area contributed by atoms with E-state index in [0.717, 1.165) is 35.0 Å². The number of thioether (sulfide) groups is 1. The zero-order chi connectivity index (χ0) is 19.7. The topological polar surface area (TPSA) is 55.8 Å². The molecule has 0 fully saturated rings. The van der Waals surface area contributed by atoms with Gasteiger partial charge in [0.2, 0.25) is 10.0 Å². The van der Waals surface area contributed by atoms with Crippen molar-refractivity contribution in [2.45, 2.75) is 24.0 Å². The third kappa shape index (κ3) is 6.75. The minimum Gasteiger partial charge on any atom is -0.494 e. The third-order valence-corrected chi connectivity index (χ3v) is 6.54. The van der Waals surface area contributed by atoms with E-state index < -0.39 is 10.0 Å². The molecule has 0 bridgehead atoms. The summed E-state index contributed by atoms with van der Waals surface area (Å²) in [7, 11) is -0.315. The number of nitrogens with zero attached hydrogens (tertiary/aromatic N) is 1. The van der Waals surface area contributed by atoms with Gasteiger partial charge in [-0.05, 0) is 48.4 Å². The number of ether oxygens (including phenoxy) is 2. The molecular weight excluding hydrogens is 382 g/mol. The zero-order valence-electron chi connectivity index (χ0n) is 16.1. The van der Waals surface area contributed by atoms with E-state index in [1.165, 1.54) is 18.4 Å². The second-order valence-corrected chi connectivity index (χ2v) is 9.41. The molecule has 2 aromatic rings. The quantitative estimate of drug-likeness (QED) is 0.524. The van der Waals surface area contributed by atoms with Crippen molar-refractivity contribution in [1.29, 1.82) is 0 Å². The van der Waals surface area contributed by atoms with Crippen molar-refractivity contribution in [2.24, 2.45) is 0 Å². The molecule has 7 heteroatoms. The maximum absolute atomic E-state index is 12.2. The number of rotatable bonds is 11. The molecule has 5 nitrogen and oxygen atoms in total. The Morgan fingerprint density at radius 3 is 2.19 bits per heavy atom. The number of hydrogen-bond donors (Lipinski definition) is 0. The first kappa shape index (κ1) is 21.6. The maximum atomic E-state index is 12.2. The van der Waals surface area contributed by atoms with E-state index in [0.29, 0.717) is 18.1 Å². The molecule has 0 spiro atoms. The number of hydrogen-bond acceptors (Lipinski definition) is 5. The van der Waals surface area contributed by atoms with E-state index >= 15 is 0 Å². The summed E-state index contributed by atoms with van der Waals surface area (Å²) in [5, 5.41) is 0. The number of benzene rings is 2. The van der Waals surface area contributed by atoms with Crippen LogP contribution in [-0.2, 0) is 15.8 Å². The van der Waals surface area contributed by atoms with Gasteiger partial charge >= 0.3 is 0 Å². The van der Waals surface area contributed by atoms with Gasteiger partial charge in [0, 0.05) is 25.6 Å². The fraction of sp³-hybridized carbons (Fsp3) is 0.400. The molecule has 0 aliphatic carbocycles. The predicted octanol–water partition coefficient (Wildman–Crippen LogP) is 4.04. The highest BCUT2D eigenvalue weighted by Crippen LogP contribution is 2.20. The molecule has 0 unspecified atom stereocenters. The van der Waals surface area contributed by atoms with Gasteiger partial charge in [0.15, 0.2) is 0 Å². The van der Waals surface area contributed by atoms with E-state index in [9.17, 15) is 8.42 Å². The van der Waals surface area contributed by atoms with Crippen molar-refractivity contribution in [3.05, 3.63) is 54.1 Å². The van der Waals surface area contributed by atoms with Crippen LogP contribution in [0.25, 0.3) is 0 Å². The summed E-state index contributed by atoms with van der Waals surface area (Å²) in [6.45, 7) is 3.38. The van der Waals surface area contributed by atoms with E-state index in [1.54, 1.807) is 30.0 Å². The van der Waals surface area contributed by atoms with E-state index in [1.807, 2.05) is 30.3 Å². The minimum atomic E-state index is -3.39. The third-order valence-electron chi connectivity index (χ3n) is 3.74. The highest BCUT2D eigenvalue weighted by molar-refractivity contribution is 7.98. The average Bonchev–Trinajstić information content (AvgIpc) is 2.67. The summed E-state index contributed by atoms with van der Waals surface area (Å²) >= 11 is 1.71. The number of sulfonamides is 1. The van der Waals surface area contributed by atoms with Crippen LogP contribution >= 0.6 is 11.8 Å². The molecule has 0 saturated carbocycles. The molecule has 0 amide bonds. The Bertz CT molecular complexity index is 805. The summed E-state index contributed by atoms with van der Waals surface area (Å²) in [5.41, 5.74) is 0.986. The summed E-state index contributed by atoms with van der Waals surface area (Å²) in [5.74, 6) is 3.23. The van der Waals surface area contributed by atoms with Crippen molar-refractivity contribution in [1.82, 2.24) is 4.31 Å². The fourth-order valence-corrected chi connectivity index (χ4v) is 4.00.